The highest BCUT2D eigenvalue weighted by molar-refractivity contribution is 5.45. The summed E-state index contributed by atoms with van der Waals surface area (Å²) in [5, 5.41) is 3.55. The van der Waals surface area contributed by atoms with Crippen molar-refractivity contribution >= 4 is 5.69 Å². The summed E-state index contributed by atoms with van der Waals surface area (Å²) in [5.41, 5.74) is 4.00. The van der Waals surface area contributed by atoms with E-state index in [1.54, 1.807) is 0 Å². The van der Waals surface area contributed by atoms with Crippen molar-refractivity contribution in [3.8, 4) is 0 Å². The van der Waals surface area contributed by atoms with Gasteiger partial charge in [0.2, 0.25) is 0 Å². The monoisotopic (exact) mass is 282 g/mol. The second-order valence-electron chi connectivity index (χ2n) is 6.54. The predicted molar refractivity (Wildman–Crippen MR) is 91.8 cm³/mol. The molecule has 0 bridgehead atoms. The first-order valence-electron chi connectivity index (χ1n) is 7.50. The standard InChI is InChI=1S/C19H26N2/c1-19(2,17-8-6-5-7-9-17)15-20-18-12-10-16(11-13-18)14-21(3)4/h5-13,20H,14-15H2,1-4H3. The maximum Gasteiger partial charge on any atom is 0.0340 e. The van der Waals surface area contributed by atoms with Crippen LogP contribution >= 0.6 is 0 Å². The number of rotatable bonds is 6. The summed E-state index contributed by atoms with van der Waals surface area (Å²) >= 11 is 0. The number of hydrogen-bond donors (Lipinski definition) is 1. The van der Waals surface area contributed by atoms with Gasteiger partial charge < -0.3 is 10.2 Å². The van der Waals surface area contributed by atoms with Gasteiger partial charge in [0.1, 0.15) is 0 Å². The second-order valence-corrected chi connectivity index (χ2v) is 6.54. The molecule has 0 heterocycles. The summed E-state index contributed by atoms with van der Waals surface area (Å²) in [5.74, 6) is 0. The van der Waals surface area contributed by atoms with Crippen LogP contribution in [0.25, 0.3) is 0 Å². The molecule has 0 radical (unpaired) electrons. The molecular formula is C19H26N2. The molecule has 2 rings (SSSR count). The number of benzene rings is 2. The number of hydrogen-bond acceptors (Lipinski definition) is 2. The highest BCUT2D eigenvalue weighted by Gasteiger charge is 2.19. The van der Waals surface area contributed by atoms with Crippen molar-refractivity contribution < 1.29 is 0 Å². The molecule has 0 aliphatic carbocycles. The molecule has 21 heavy (non-hydrogen) atoms. The molecule has 0 unspecified atom stereocenters. The Morgan fingerprint density at radius 3 is 2.10 bits per heavy atom. The van der Waals surface area contributed by atoms with Crippen LogP contribution in [0.4, 0.5) is 5.69 Å². The lowest BCUT2D eigenvalue weighted by molar-refractivity contribution is 0.402. The smallest absolute Gasteiger partial charge is 0.0340 e. The molecule has 0 aliphatic heterocycles. The maximum atomic E-state index is 3.55. The van der Waals surface area contributed by atoms with Gasteiger partial charge in [0.25, 0.3) is 0 Å². The van der Waals surface area contributed by atoms with Gasteiger partial charge in [-0.15, -0.1) is 0 Å². The summed E-state index contributed by atoms with van der Waals surface area (Å²) < 4.78 is 0. The molecule has 1 N–H and O–H groups in total. The molecule has 112 valence electrons. The lowest BCUT2D eigenvalue weighted by Gasteiger charge is -2.26. The zero-order valence-corrected chi connectivity index (χ0v) is 13.6. The van der Waals surface area contributed by atoms with Gasteiger partial charge in [0.15, 0.2) is 0 Å². The average molecular weight is 282 g/mol. The van der Waals surface area contributed by atoms with Gasteiger partial charge >= 0.3 is 0 Å². The van der Waals surface area contributed by atoms with Gasteiger partial charge in [0.05, 0.1) is 0 Å². The minimum Gasteiger partial charge on any atom is -0.384 e. The van der Waals surface area contributed by atoms with E-state index < -0.39 is 0 Å². The van der Waals surface area contributed by atoms with E-state index in [0.717, 1.165) is 13.1 Å². The first-order valence-corrected chi connectivity index (χ1v) is 7.50. The first kappa shape index (κ1) is 15.6. The minimum atomic E-state index is 0.115. The quantitative estimate of drug-likeness (QED) is 0.856. The van der Waals surface area contributed by atoms with Crippen LogP contribution < -0.4 is 5.32 Å². The highest BCUT2D eigenvalue weighted by atomic mass is 15.0. The van der Waals surface area contributed by atoms with Gasteiger partial charge in [-0.2, -0.15) is 0 Å². The van der Waals surface area contributed by atoms with Gasteiger partial charge in [-0.05, 0) is 37.4 Å². The van der Waals surface area contributed by atoms with Crippen molar-refractivity contribution in [3.05, 3.63) is 65.7 Å². The van der Waals surface area contributed by atoms with Crippen molar-refractivity contribution in [2.75, 3.05) is 26.0 Å². The minimum absolute atomic E-state index is 0.115. The van der Waals surface area contributed by atoms with E-state index in [1.807, 2.05) is 0 Å². The third-order valence-electron chi connectivity index (χ3n) is 3.74. The van der Waals surface area contributed by atoms with Crippen molar-refractivity contribution in [2.45, 2.75) is 25.8 Å². The predicted octanol–water partition coefficient (Wildman–Crippen LogP) is 4.14. The molecular weight excluding hydrogens is 256 g/mol. The van der Waals surface area contributed by atoms with Crippen LogP contribution in [0.3, 0.4) is 0 Å². The van der Waals surface area contributed by atoms with Gasteiger partial charge in [0, 0.05) is 24.2 Å². The Kier molecular flexibility index (Phi) is 5.03. The summed E-state index contributed by atoms with van der Waals surface area (Å²) in [6, 6.07) is 19.4. The molecule has 2 nitrogen and oxygen atoms in total. The highest BCUT2D eigenvalue weighted by Crippen LogP contribution is 2.23. The van der Waals surface area contributed by atoms with Gasteiger partial charge in [-0.3, -0.25) is 0 Å². The fourth-order valence-electron chi connectivity index (χ4n) is 2.41. The second kappa shape index (κ2) is 6.77. The summed E-state index contributed by atoms with van der Waals surface area (Å²) in [6.45, 7) is 6.45. The van der Waals surface area contributed by atoms with Crippen LogP contribution in [0.15, 0.2) is 54.6 Å². The Balaban J connectivity index is 1.96. The molecule has 0 aliphatic rings. The van der Waals surface area contributed by atoms with E-state index in [1.165, 1.54) is 16.8 Å². The zero-order valence-electron chi connectivity index (χ0n) is 13.6. The van der Waals surface area contributed by atoms with E-state index >= 15 is 0 Å². The van der Waals surface area contributed by atoms with E-state index in [0.29, 0.717) is 0 Å². The Hall–Kier alpha value is -1.80. The fraction of sp³-hybridized carbons (Fsp3) is 0.368. The summed E-state index contributed by atoms with van der Waals surface area (Å²) in [6.07, 6.45) is 0. The van der Waals surface area contributed by atoms with Crippen molar-refractivity contribution in [2.24, 2.45) is 0 Å². The van der Waals surface area contributed by atoms with Crippen LogP contribution in [0.2, 0.25) is 0 Å². The maximum absolute atomic E-state index is 3.55. The SMILES string of the molecule is CN(C)Cc1ccc(NCC(C)(C)c2ccccc2)cc1. The van der Waals surface area contributed by atoms with E-state index in [9.17, 15) is 0 Å². The van der Waals surface area contributed by atoms with Gasteiger partial charge in [-0.1, -0.05) is 56.3 Å². The Bertz CT molecular complexity index is 542. The Labute approximate surface area is 128 Å². The van der Waals surface area contributed by atoms with E-state index in [-0.39, 0.29) is 5.41 Å². The van der Waals surface area contributed by atoms with Crippen LogP contribution in [-0.4, -0.2) is 25.5 Å². The number of nitrogens with one attached hydrogen (secondary N) is 1. The molecule has 2 aromatic rings. The third kappa shape index (κ3) is 4.61. The lowest BCUT2D eigenvalue weighted by Crippen LogP contribution is -2.27. The zero-order chi connectivity index (χ0) is 15.3. The normalized spacial score (nSPS) is 11.7. The molecule has 0 amide bonds. The van der Waals surface area contributed by atoms with E-state index in [4.69, 9.17) is 0 Å². The van der Waals surface area contributed by atoms with Crippen molar-refractivity contribution in [1.29, 1.82) is 0 Å². The van der Waals surface area contributed by atoms with Crippen LogP contribution in [0.5, 0.6) is 0 Å². The summed E-state index contributed by atoms with van der Waals surface area (Å²) in [7, 11) is 4.18. The Morgan fingerprint density at radius 1 is 0.905 bits per heavy atom. The molecule has 0 aromatic heterocycles. The van der Waals surface area contributed by atoms with Gasteiger partial charge in [-0.25, -0.2) is 0 Å². The lowest BCUT2D eigenvalue weighted by atomic mass is 9.84. The summed E-state index contributed by atoms with van der Waals surface area (Å²) in [4.78, 5) is 2.18. The molecule has 2 aromatic carbocycles. The topological polar surface area (TPSA) is 15.3 Å². The molecule has 0 saturated heterocycles. The first-order chi connectivity index (χ1) is 9.97. The largest absolute Gasteiger partial charge is 0.384 e. The fourth-order valence-corrected chi connectivity index (χ4v) is 2.41. The molecule has 0 spiro atoms. The number of nitrogens with zero attached hydrogens (tertiary/aromatic N) is 1. The average Bonchev–Trinajstić information content (AvgIpc) is 2.47. The molecule has 0 atom stereocenters. The van der Waals surface area contributed by atoms with E-state index in [2.05, 4.69) is 92.8 Å². The third-order valence-corrected chi connectivity index (χ3v) is 3.74. The van der Waals surface area contributed by atoms with Crippen LogP contribution in [0.1, 0.15) is 25.0 Å². The number of anilines is 1. The Morgan fingerprint density at radius 2 is 1.52 bits per heavy atom. The van der Waals surface area contributed by atoms with Crippen LogP contribution in [0, 0.1) is 0 Å². The molecule has 0 fully saturated rings. The molecule has 0 saturated carbocycles. The molecule has 2 heteroatoms. The van der Waals surface area contributed by atoms with Crippen molar-refractivity contribution in [1.82, 2.24) is 4.90 Å². The van der Waals surface area contributed by atoms with Crippen molar-refractivity contribution in [3.63, 3.8) is 0 Å². The van der Waals surface area contributed by atoms with Crippen LogP contribution in [-0.2, 0) is 12.0 Å².